The number of rotatable bonds is 5. The molecule has 0 fully saturated rings. The molecule has 1 N–H and O–H groups in total. The molecule has 0 radical (unpaired) electrons. The van der Waals surface area contributed by atoms with Crippen LogP contribution in [0.4, 0.5) is 0 Å². The SMILES string of the molecule is O=S(=O)(NCc1cccc(-n2cncn2)c1)c1cccc(Cl)c1. The first-order valence-corrected chi connectivity index (χ1v) is 8.60. The lowest BCUT2D eigenvalue weighted by atomic mass is 10.2. The Bertz CT molecular complexity index is 911. The Morgan fingerprint density at radius 1 is 1.13 bits per heavy atom. The summed E-state index contributed by atoms with van der Waals surface area (Å²) in [4.78, 5) is 4.03. The molecule has 0 bridgehead atoms. The average molecular weight is 349 g/mol. The van der Waals surface area contributed by atoms with Crippen molar-refractivity contribution >= 4 is 21.6 Å². The van der Waals surface area contributed by atoms with Crippen LogP contribution in [0.5, 0.6) is 0 Å². The van der Waals surface area contributed by atoms with Gasteiger partial charge in [0.15, 0.2) is 0 Å². The first-order chi connectivity index (χ1) is 11.0. The number of hydrogen-bond donors (Lipinski definition) is 1. The van der Waals surface area contributed by atoms with Gasteiger partial charge in [0.2, 0.25) is 10.0 Å². The van der Waals surface area contributed by atoms with Gasteiger partial charge in [-0.1, -0.05) is 29.8 Å². The zero-order chi connectivity index (χ0) is 16.3. The van der Waals surface area contributed by atoms with Crippen molar-refractivity contribution in [3.63, 3.8) is 0 Å². The standard InChI is InChI=1S/C15H13ClN4O2S/c16-13-4-2-6-15(8-13)23(21,22)19-9-12-3-1-5-14(7-12)20-11-17-10-18-20/h1-8,10-11,19H,9H2. The van der Waals surface area contributed by atoms with Gasteiger partial charge in [-0.25, -0.2) is 22.8 Å². The molecule has 3 rings (SSSR count). The average Bonchev–Trinajstić information content (AvgIpc) is 3.08. The molecule has 2 aromatic carbocycles. The number of halogens is 1. The second kappa shape index (κ2) is 6.49. The van der Waals surface area contributed by atoms with E-state index in [1.54, 1.807) is 23.1 Å². The van der Waals surface area contributed by atoms with E-state index in [0.29, 0.717) is 5.02 Å². The Balaban J connectivity index is 1.77. The summed E-state index contributed by atoms with van der Waals surface area (Å²) in [5, 5.41) is 4.42. The number of nitrogens with one attached hydrogen (secondary N) is 1. The minimum absolute atomic E-state index is 0.137. The highest BCUT2D eigenvalue weighted by Crippen LogP contribution is 2.16. The highest BCUT2D eigenvalue weighted by atomic mass is 35.5. The highest BCUT2D eigenvalue weighted by molar-refractivity contribution is 7.89. The van der Waals surface area contributed by atoms with Crippen molar-refractivity contribution in [3.8, 4) is 5.69 Å². The smallest absolute Gasteiger partial charge is 0.223 e. The molecule has 0 spiro atoms. The summed E-state index contributed by atoms with van der Waals surface area (Å²) < 4.78 is 28.7. The number of sulfonamides is 1. The summed E-state index contributed by atoms with van der Waals surface area (Å²) in [5.74, 6) is 0. The van der Waals surface area contributed by atoms with Gasteiger partial charge in [0.1, 0.15) is 12.7 Å². The topological polar surface area (TPSA) is 76.9 Å². The van der Waals surface area contributed by atoms with Crippen molar-refractivity contribution in [1.82, 2.24) is 19.5 Å². The van der Waals surface area contributed by atoms with Gasteiger partial charge in [0.05, 0.1) is 10.6 Å². The monoisotopic (exact) mass is 348 g/mol. The molecule has 0 atom stereocenters. The fourth-order valence-electron chi connectivity index (χ4n) is 2.05. The molecule has 118 valence electrons. The number of aromatic nitrogens is 3. The van der Waals surface area contributed by atoms with Crippen LogP contribution in [0.25, 0.3) is 5.69 Å². The summed E-state index contributed by atoms with van der Waals surface area (Å²) in [7, 11) is -3.62. The maximum atomic E-state index is 12.3. The maximum absolute atomic E-state index is 12.3. The van der Waals surface area contributed by atoms with Gasteiger partial charge < -0.3 is 0 Å². The first-order valence-electron chi connectivity index (χ1n) is 6.74. The molecule has 0 saturated heterocycles. The second-order valence-corrected chi connectivity index (χ2v) is 7.00. The van der Waals surface area contributed by atoms with Gasteiger partial charge >= 0.3 is 0 Å². The van der Waals surface area contributed by atoms with E-state index < -0.39 is 10.0 Å². The molecular weight excluding hydrogens is 336 g/mol. The molecule has 0 saturated carbocycles. The van der Waals surface area contributed by atoms with E-state index in [9.17, 15) is 8.42 Å². The fourth-order valence-corrected chi connectivity index (χ4v) is 3.36. The van der Waals surface area contributed by atoms with E-state index in [4.69, 9.17) is 11.6 Å². The molecule has 0 aliphatic carbocycles. The van der Waals surface area contributed by atoms with E-state index in [-0.39, 0.29) is 11.4 Å². The van der Waals surface area contributed by atoms with Gasteiger partial charge in [-0.2, -0.15) is 5.10 Å². The second-order valence-electron chi connectivity index (χ2n) is 4.79. The predicted octanol–water partition coefficient (Wildman–Crippen LogP) is 2.40. The van der Waals surface area contributed by atoms with Gasteiger partial charge in [-0.05, 0) is 35.9 Å². The molecule has 6 nitrogen and oxygen atoms in total. The maximum Gasteiger partial charge on any atom is 0.240 e. The van der Waals surface area contributed by atoms with Crippen molar-refractivity contribution in [2.24, 2.45) is 0 Å². The van der Waals surface area contributed by atoms with Crippen LogP contribution in [0.2, 0.25) is 5.02 Å². The lowest BCUT2D eigenvalue weighted by molar-refractivity contribution is 0.581. The summed E-state index contributed by atoms with van der Waals surface area (Å²) in [6.07, 6.45) is 3.02. The van der Waals surface area contributed by atoms with E-state index in [1.165, 1.54) is 18.5 Å². The zero-order valence-electron chi connectivity index (χ0n) is 11.9. The fraction of sp³-hybridized carbons (Fsp3) is 0.0667. The van der Waals surface area contributed by atoms with E-state index >= 15 is 0 Å². The van der Waals surface area contributed by atoms with Gasteiger partial charge in [0, 0.05) is 11.6 Å². The third-order valence-corrected chi connectivity index (χ3v) is 4.80. The van der Waals surface area contributed by atoms with Crippen LogP contribution in [0.1, 0.15) is 5.56 Å². The Kier molecular flexibility index (Phi) is 4.42. The Morgan fingerprint density at radius 2 is 1.96 bits per heavy atom. The molecule has 3 aromatic rings. The van der Waals surface area contributed by atoms with Crippen molar-refractivity contribution in [3.05, 3.63) is 71.8 Å². The molecule has 23 heavy (non-hydrogen) atoms. The van der Waals surface area contributed by atoms with Gasteiger partial charge in [0.25, 0.3) is 0 Å². The lowest BCUT2D eigenvalue weighted by Crippen LogP contribution is -2.23. The molecule has 8 heteroatoms. The molecule has 0 aliphatic heterocycles. The Hall–Kier alpha value is -2.22. The lowest BCUT2D eigenvalue weighted by Gasteiger charge is -2.08. The van der Waals surface area contributed by atoms with E-state index in [0.717, 1.165) is 11.3 Å². The first kappa shape index (κ1) is 15.7. The van der Waals surface area contributed by atoms with Crippen LogP contribution in [-0.2, 0) is 16.6 Å². The molecule has 0 aliphatic rings. The molecule has 1 heterocycles. The molecule has 1 aromatic heterocycles. The summed E-state index contributed by atoms with van der Waals surface area (Å²) >= 11 is 5.84. The normalized spacial score (nSPS) is 11.5. The quantitative estimate of drug-likeness (QED) is 0.768. The Labute approximate surface area is 138 Å². The van der Waals surface area contributed by atoms with Crippen molar-refractivity contribution in [2.75, 3.05) is 0 Å². The third-order valence-electron chi connectivity index (χ3n) is 3.17. The van der Waals surface area contributed by atoms with Crippen molar-refractivity contribution in [2.45, 2.75) is 11.4 Å². The van der Waals surface area contributed by atoms with Gasteiger partial charge in [-0.3, -0.25) is 0 Å². The van der Waals surface area contributed by atoms with E-state index in [1.807, 2.05) is 24.3 Å². The van der Waals surface area contributed by atoms with Gasteiger partial charge in [-0.15, -0.1) is 0 Å². The van der Waals surface area contributed by atoms with Crippen LogP contribution in [0.3, 0.4) is 0 Å². The molecular formula is C15H13ClN4O2S. The third kappa shape index (κ3) is 3.76. The minimum atomic E-state index is -3.62. The largest absolute Gasteiger partial charge is 0.240 e. The van der Waals surface area contributed by atoms with Crippen LogP contribution in [0.15, 0.2) is 66.1 Å². The minimum Gasteiger partial charge on any atom is -0.223 e. The summed E-state index contributed by atoms with van der Waals surface area (Å²) in [6.45, 7) is 0.164. The Morgan fingerprint density at radius 3 is 2.70 bits per heavy atom. The van der Waals surface area contributed by atoms with Crippen LogP contribution in [-0.4, -0.2) is 23.2 Å². The summed E-state index contributed by atoms with van der Waals surface area (Å²) in [6, 6.07) is 13.5. The van der Waals surface area contributed by atoms with Crippen LogP contribution >= 0.6 is 11.6 Å². The molecule has 0 amide bonds. The van der Waals surface area contributed by atoms with Crippen molar-refractivity contribution in [1.29, 1.82) is 0 Å². The number of nitrogens with zero attached hydrogens (tertiary/aromatic N) is 3. The van der Waals surface area contributed by atoms with Crippen molar-refractivity contribution < 1.29 is 8.42 Å². The zero-order valence-corrected chi connectivity index (χ0v) is 13.5. The highest BCUT2D eigenvalue weighted by Gasteiger charge is 2.14. The summed E-state index contributed by atoms with van der Waals surface area (Å²) in [5.41, 5.74) is 1.62. The predicted molar refractivity (Wildman–Crippen MR) is 86.8 cm³/mol. The molecule has 0 unspecified atom stereocenters. The number of hydrogen-bond acceptors (Lipinski definition) is 4. The van der Waals surface area contributed by atoms with Crippen LogP contribution < -0.4 is 4.72 Å². The number of benzene rings is 2. The van der Waals surface area contributed by atoms with E-state index in [2.05, 4.69) is 14.8 Å². The van der Waals surface area contributed by atoms with Crippen LogP contribution in [0, 0.1) is 0 Å².